The van der Waals surface area contributed by atoms with E-state index < -0.39 is 17.7 Å². The number of fused-ring (bicyclic) bond motifs is 2. The van der Waals surface area contributed by atoms with Crippen LogP contribution in [0.3, 0.4) is 0 Å². The second kappa shape index (κ2) is 11.6. The Kier molecular flexibility index (Phi) is 8.07. The smallest absolute Gasteiger partial charge is 0.337 e. The number of benzene rings is 3. The Hall–Kier alpha value is -3.30. The van der Waals surface area contributed by atoms with E-state index in [-0.39, 0.29) is 0 Å². The van der Waals surface area contributed by atoms with E-state index in [0.29, 0.717) is 22.7 Å². The highest BCUT2D eigenvalue weighted by Gasteiger charge is 2.33. The topological polar surface area (TPSA) is 80.5 Å². The van der Waals surface area contributed by atoms with Gasteiger partial charge in [-0.1, -0.05) is 23.7 Å². The Bertz CT molecular complexity index is 1870. The van der Waals surface area contributed by atoms with Crippen molar-refractivity contribution in [2.45, 2.75) is 78.7 Å². The number of aromatic nitrogens is 3. The van der Waals surface area contributed by atoms with Gasteiger partial charge in [-0.3, -0.25) is 4.90 Å². The third-order valence-corrected chi connectivity index (χ3v) is 9.81. The van der Waals surface area contributed by atoms with Gasteiger partial charge >= 0.3 is 5.97 Å². The molecule has 3 heterocycles. The van der Waals surface area contributed by atoms with Gasteiger partial charge in [-0.25, -0.2) is 14.8 Å². The normalized spacial score (nSPS) is 16.9. The summed E-state index contributed by atoms with van der Waals surface area (Å²) in [7, 11) is 0. The molecule has 2 atom stereocenters. The van der Waals surface area contributed by atoms with Gasteiger partial charge in [0.2, 0.25) is 0 Å². The highest BCUT2D eigenvalue weighted by Crippen LogP contribution is 2.45. The third-order valence-electron chi connectivity index (χ3n) is 8.42. The van der Waals surface area contributed by atoms with Crippen LogP contribution in [-0.4, -0.2) is 55.2 Å². The monoisotopic (exact) mass is 630 g/mol. The van der Waals surface area contributed by atoms with Crippen molar-refractivity contribution in [2.24, 2.45) is 0 Å². The number of likely N-dealkylation sites (tertiary alicyclic amines) is 1. The molecular weight excluding hydrogens is 592 g/mol. The summed E-state index contributed by atoms with van der Waals surface area (Å²) in [5, 5.41) is 11.9. The third kappa shape index (κ3) is 5.76. The van der Waals surface area contributed by atoms with Gasteiger partial charge < -0.3 is 14.4 Å². The Morgan fingerprint density at radius 2 is 1.75 bits per heavy atom. The van der Waals surface area contributed by atoms with Crippen molar-refractivity contribution in [1.82, 2.24) is 19.4 Å². The number of hydrogen-bond donors (Lipinski definition) is 1. The maximum atomic E-state index is 12.7. The first kappa shape index (κ1) is 30.7. The van der Waals surface area contributed by atoms with Crippen LogP contribution in [0.1, 0.15) is 70.1 Å². The molecule has 1 saturated heterocycles. The number of rotatable bonds is 7. The molecule has 0 spiro atoms. The number of ether oxygens (including phenoxy) is 1. The standard InChI is InChI=1S/C35H39ClN4O3S/c1-19(2)39-15-14-25(18-39)40-21(4)37-26-13-10-23(17-28(26)40)33-38-27-16-20(3)29(31(34(41)42)43-35(5,6)7)30(32(27)44-33)22-8-11-24(36)12-9-22/h8-13,16-17,19,25,31H,14-15,18H2,1-7H3,(H,41,42)/t25-,31+/m1/s1. The van der Waals surface area contributed by atoms with Crippen LogP contribution in [0.4, 0.5) is 0 Å². The van der Waals surface area contributed by atoms with Gasteiger partial charge in [0, 0.05) is 46.9 Å². The molecule has 0 radical (unpaired) electrons. The van der Waals surface area contributed by atoms with Crippen LogP contribution in [0.5, 0.6) is 0 Å². The number of imidazole rings is 1. The fraction of sp³-hybridized carbons (Fsp3) is 0.400. The van der Waals surface area contributed by atoms with Crippen LogP contribution in [0.25, 0.3) is 42.9 Å². The molecule has 5 aromatic rings. The minimum Gasteiger partial charge on any atom is -0.479 e. The number of carboxylic acids is 1. The Balaban J connectivity index is 1.52. The zero-order chi connectivity index (χ0) is 31.5. The lowest BCUT2D eigenvalue weighted by Crippen LogP contribution is -2.28. The molecular formula is C35H39ClN4O3S. The Morgan fingerprint density at radius 3 is 2.39 bits per heavy atom. The van der Waals surface area contributed by atoms with Gasteiger partial charge in [-0.15, -0.1) is 11.3 Å². The van der Waals surface area contributed by atoms with Crippen molar-refractivity contribution in [3.05, 3.63) is 70.5 Å². The predicted octanol–water partition coefficient (Wildman–Crippen LogP) is 8.85. The summed E-state index contributed by atoms with van der Waals surface area (Å²) in [6.07, 6.45) is -0.0508. The van der Waals surface area contributed by atoms with Gasteiger partial charge in [0.25, 0.3) is 0 Å². The molecule has 9 heteroatoms. The lowest BCUT2D eigenvalue weighted by atomic mass is 9.91. The summed E-state index contributed by atoms with van der Waals surface area (Å²) in [6, 6.07) is 16.8. The van der Waals surface area contributed by atoms with E-state index in [1.807, 2.05) is 58.0 Å². The molecule has 6 rings (SSSR count). The maximum absolute atomic E-state index is 12.7. The summed E-state index contributed by atoms with van der Waals surface area (Å²) < 4.78 is 9.49. The highest BCUT2D eigenvalue weighted by atomic mass is 35.5. The molecule has 230 valence electrons. The number of halogens is 1. The van der Waals surface area contributed by atoms with Gasteiger partial charge in [0.15, 0.2) is 6.10 Å². The predicted molar refractivity (Wildman–Crippen MR) is 180 cm³/mol. The summed E-state index contributed by atoms with van der Waals surface area (Å²) in [4.78, 5) is 25.2. The molecule has 1 aliphatic rings. The van der Waals surface area contributed by atoms with Crippen LogP contribution in [0.15, 0.2) is 48.5 Å². The molecule has 1 N–H and O–H groups in total. The number of thiazole rings is 1. The van der Waals surface area contributed by atoms with E-state index in [1.54, 1.807) is 11.3 Å². The van der Waals surface area contributed by atoms with Gasteiger partial charge in [0.1, 0.15) is 10.8 Å². The lowest BCUT2D eigenvalue weighted by molar-refractivity contribution is -0.160. The van der Waals surface area contributed by atoms with E-state index >= 15 is 0 Å². The van der Waals surface area contributed by atoms with E-state index in [4.69, 9.17) is 26.3 Å². The molecule has 0 unspecified atom stereocenters. The first-order valence-electron chi connectivity index (χ1n) is 15.1. The second-order valence-electron chi connectivity index (χ2n) is 13.1. The molecule has 2 aromatic heterocycles. The van der Waals surface area contributed by atoms with Crippen molar-refractivity contribution in [1.29, 1.82) is 0 Å². The number of hydrogen-bond acceptors (Lipinski definition) is 6. The van der Waals surface area contributed by atoms with Gasteiger partial charge in [-0.2, -0.15) is 0 Å². The number of aliphatic carboxylic acids is 1. The number of nitrogens with zero attached hydrogens (tertiary/aromatic N) is 4. The molecule has 7 nitrogen and oxygen atoms in total. The van der Waals surface area contributed by atoms with Gasteiger partial charge in [0.05, 0.1) is 26.9 Å². The number of carboxylic acid groups (broad SMARTS) is 1. The first-order valence-corrected chi connectivity index (χ1v) is 16.3. The molecule has 3 aromatic carbocycles. The lowest BCUT2D eigenvalue weighted by Gasteiger charge is -2.28. The summed E-state index contributed by atoms with van der Waals surface area (Å²) in [6.45, 7) is 16.3. The highest BCUT2D eigenvalue weighted by molar-refractivity contribution is 7.22. The summed E-state index contributed by atoms with van der Waals surface area (Å²) >= 11 is 7.84. The minimum atomic E-state index is -1.15. The summed E-state index contributed by atoms with van der Waals surface area (Å²) in [5.41, 5.74) is 6.42. The van der Waals surface area contributed by atoms with E-state index in [2.05, 4.69) is 48.4 Å². The van der Waals surface area contributed by atoms with E-state index in [0.717, 1.165) is 73.8 Å². The SMILES string of the molecule is Cc1cc2nc(-c3ccc4nc(C)n([C@@H]5CCN(C(C)C)C5)c4c3)sc2c(-c2ccc(Cl)cc2)c1[C@H](OC(C)(C)C)C(=O)O. The molecule has 1 aliphatic heterocycles. The molecule has 0 saturated carbocycles. The molecule has 0 bridgehead atoms. The quantitative estimate of drug-likeness (QED) is 0.193. The molecule has 0 amide bonds. The average molecular weight is 631 g/mol. The summed E-state index contributed by atoms with van der Waals surface area (Å²) in [5.74, 6) is 0.000244. The van der Waals surface area contributed by atoms with E-state index in [9.17, 15) is 9.90 Å². The molecule has 1 fully saturated rings. The van der Waals surface area contributed by atoms with Gasteiger partial charge in [-0.05, 0) is 102 Å². The van der Waals surface area contributed by atoms with Crippen molar-refractivity contribution >= 4 is 50.2 Å². The van der Waals surface area contributed by atoms with Crippen LogP contribution < -0.4 is 0 Å². The molecule has 0 aliphatic carbocycles. The number of aryl methyl sites for hydroxylation is 2. The largest absolute Gasteiger partial charge is 0.479 e. The van der Waals surface area contributed by atoms with E-state index in [1.165, 1.54) is 0 Å². The first-order chi connectivity index (χ1) is 20.8. The average Bonchev–Trinajstić information content (AvgIpc) is 3.67. The zero-order valence-electron chi connectivity index (χ0n) is 26.3. The van der Waals surface area contributed by atoms with Crippen molar-refractivity contribution in [2.75, 3.05) is 13.1 Å². The second-order valence-corrected chi connectivity index (χ2v) is 14.5. The van der Waals surface area contributed by atoms with Crippen molar-refractivity contribution in [3.8, 4) is 21.7 Å². The maximum Gasteiger partial charge on any atom is 0.337 e. The number of carbonyl (C=O) groups is 1. The van der Waals surface area contributed by atoms with Crippen LogP contribution in [0.2, 0.25) is 5.02 Å². The zero-order valence-corrected chi connectivity index (χ0v) is 27.9. The Morgan fingerprint density at radius 1 is 1.05 bits per heavy atom. The minimum absolute atomic E-state index is 0.380. The van der Waals surface area contributed by atoms with Crippen LogP contribution >= 0.6 is 22.9 Å². The fourth-order valence-corrected chi connectivity index (χ4v) is 7.66. The molecule has 44 heavy (non-hydrogen) atoms. The van der Waals surface area contributed by atoms with Crippen LogP contribution in [-0.2, 0) is 9.53 Å². The fourth-order valence-electron chi connectivity index (χ4n) is 6.42. The van der Waals surface area contributed by atoms with Crippen LogP contribution in [0, 0.1) is 13.8 Å². The van der Waals surface area contributed by atoms with Crippen molar-refractivity contribution in [3.63, 3.8) is 0 Å². The Labute approximate surface area is 267 Å². The van der Waals surface area contributed by atoms with Crippen molar-refractivity contribution < 1.29 is 14.6 Å².